The highest BCUT2D eigenvalue weighted by molar-refractivity contribution is 6.31. The van der Waals surface area contributed by atoms with Crippen LogP contribution in [-0.4, -0.2) is 19.6 Å². The quantitative estimate of drug-likeness (QED) is 0.681. The molecule has 0 N–H and O–H groups in total. The summed E-state index contributed by atoms with van der Waals surface area (Å²) in [5, 5.41) is 13.6. The molecule has 0 aliphatic heterocycles. The minimum absolute atomic E-state index is 0.387. The van der Waals surface area contributed by atoms with Gasteiger partial charge in [-0.25, -0.2) is 14.5 Å². The number of aryl methyl sites for hydroxylation is 1. The highest BCUT2D eigenvalue weighted by Gasteiger charge is 2.11. The zero-order valence-electron chi connectivity index (χ0n) is 10.0. The first-order valence-corrected chi connectivity index (χ1v) is 5.94. The van der Waals surface area contributed by atoms with E-state index in [2.05, 4.69) is 15.1 Å². The fourth-order valence-electron chi connectivity index (χ4n) is 1.98. The summed E-state index contributed by atoms with van der Waals surface area (Å²) in [4.78, 5) is 8.35. The Morgan fingerprint density at radius 2 is 2.16 bits per heavy atom. The number of aromatic nitrogens is 4. The molecule has 0 spiro atoms. The van der Waals surface area contributed by atoms with E-state index in [1.54, 1.807) is 22.7 Å². The number of fused-ring (bicyclic) bond motifs is 1. The molecule has 0 fully saturated rings. The summed E-state index contributed by atoms with van der Waals surface area (Å²) in [5.74, 6) is 0. The molecule has 0 aliphatic carbocycles. The van der Waals surface area contributed by atoms with Crippen molar-refractivity contribution < 1.29 is 0 Å². The van der Waals surface area contributed by atoms with E-state index in [0.717, 1.165) is 17.0 Å². The Balaban J connectivity index is 2.30. The average molecular weight is 270 g/mol. The summed E-state index contributed by atoms with van der Waals surface area (Å²) in [5.41, 5.74) is 3.48. The largest absolute Gasteiger partial charge is 0.242 e. The highest BCUT2D eigenvalue weighted by atomic mass is 35.5. The predicted molar refractivity (Wildman–Crippen MR) is 70.7 cm³/mol. The zero-order valence-corrected chi connectivity index (χ0v) is 10.8. The Kier molecular flexibility index (Phi) is 2.65. The summed E-state index contributed by atoms with van der Waals surface area (Å²) < 4.78 is 1.70. The number of nitriles is 1. The maximum atomic E-state index is 8.85. The smallest absolute Gasteiger partial charge is 0.157 e. The maximum Gasteiger partial charge on any atom is 0.157 e. The molecule has 3 aromatic heterocycles. The first kappa shape index (κ1) is 11.6. The van der Waals surface area contributed by atoms with Crippen molar-refractivity contribution in [3.05, 3.63) is 47.0 Å². The Morgan fingerprint density at radius 1 is 1.32 bits per heavy atom. The monoisotopic (exact) mass is 269 g/mol. The Labute approximate surface area is 114 Å². The lowest BCUT2D eigenvalue weighted by Gasteiger charge is -2.08. The third-order valence-corrected chi connectivity index (χ3v) is 3.04. The molecule has 0 saturated carbocycles. The lowest BCUT2D eigenvalue weighted by Crippen LogP contribution is -1.98. The second-order valence-electron chi connectivity index (χ2n) is 4.03. The molecule has 0 radical (unpaired) electrons. The van der Waals surface area contributed by atoms with Crippen molar-refractivity contribution in [2.45, 2.75) is 6.92 Å². The number of hydrogen-bond donors (Lipinski definition) is 0. The molecular weight excluding hydrogens is 262 g/mol. The third-order valence-electron chi connectivity index (χ3n) is 2.82. The maximum absolute atomic E-state index is 8.85. The van der Waals surface area contributed by atoms with Crippen LogP contribution >= 0.6 is 11.6 Å². The molecule has 3 aromatic rings. The minimum Gasteiger partial charge on any atom is -0.242 e. The van der Waals surface area contributed by atoms with E-state index >= 15 is 0 Å². The van der Waals surface area contributed by atoms with E-state index in [4.69, 9.17) is 16.9 Å². The second kappa shape index (κ2) is 4.34. The molecule has 6 heteroatoms. The number of nitrogens with zero attached hydrogens (tertiary/aromatic N) is 5. The van der Waals surface area contributed by atoms with Gasteiger partial charge in [0.1, 0.15) is 18.1 Å². The van der Waals surface area contributed by atoms with Crippen LogP contribution in [0.1, 0.15) is 11.4 Å². The second-order valence-corrected chi connectivity index (χ2v) is 4.47. The molecule has 3 rings (SSSR count). The van der Waals surface area contributed by atoms with E-state index < -0.39 is 0 Å². The van der Waals surface area contributed by atoms with Crippen LogP contribution in [0, 0.1) is 18.3 Å². The topological polar surface area (TPSA) is 66.9 Å². The average Bonchev–Trinajstić information content (AvgIpc) is 2.85. The fraction of sp³-hybridized carbons (Fsp3) is 0.0769. The van der Waals surface area contributed by atoms with Gasteiger partial charge >= 0.3 is 0 Å². The van der Waals surface area contributed by atoms with Crippen molar-refractivity contribution in [1.82, 2.24) is 19.6 Å². The number of pyridine rings is 2. The van der Waals surface area contributed by atoms with Crippen LogP contribution in [0.5, 0.6) is 0 Å². The van der Waals surface area contributed by atoms with Gasteiger partial charge in [-0.3, -0.25) is 0 Å². The first-order valence-electron chi connectivity index (χ1n) is 5.56. The molecule has 0 amide bonds. The molecule has 19 heavy (non-hydrogen) atoms. The Hall–Kier alpha value is -2.45. The lowest BCUT2D eigenvalue weighted by atomic mass is 10.1. The Bertz CT molecular complexity index is 816. The fourth-order valence-corrected chi connectivity index (χ4v) is 2.18. The van der Waals surface area contributed by atoms with Gasteiger partial charge in [-0.1, -0.05) is 11.6 Å². The van der Waals surface area contributed by atoms with E-state index in [-0.39, 0.29) is 0 Å². The molecule has 0 aliphatic rings. The molecule has 0 bridgehead atoms. The van der Waals surface area contributed by atoms with Gasteiger partial charge in [0.2, 0.25) is 0 Å². The van der Waals surface area contributed by atoms with Gasteiger partial charge < -0.3 is 0 Å². The van der Waals surface area contributed by atoms with Crippen LogP contribution < -0.4 is 0 Å². The van der Waals surface area contributed by atoms with Crippen LogP contribution in [0.15, 0.2) is 30.6 Å². The molecule has 0 saturated heterocycles. The van der Waals surface area contributed by atoms with Crippen LogP contribution in [-0.2, 0) is 0 Å². The Morgan fingerprint density at radius 3 is 2.89 bits per heavy atom. The third kappa shape index (κ3) is 1.92. The number of halogens is 1. The molecule has 5 nitrogen and oxygen atoms in total. The van der Waals surface area contributed by atoms with Crippen molar-refractivity contribution in [3.8, 4) is 17.3 Å². The summed E-state index contributed by atoms with van der Waals surface area (Å²) in [6.45, 7) is 1.85. The lowest BCUT2D eigenvalue weighted by molar-refractivity contribution is 0.964. The standard InChI is InChI=1S/C13H8ClN5/c1-8-11(3-2-10(6-15)18-8)12-4-9(14)5-13-16-7-17-19(12)13/h2-5,7H,1H3. The highest BCUT2D eigenvalue weighted by Crippen LogP contribution is 2.26. The van der Waals surface area contributed by atoms with Gasteiger partial charge in [0, 0.05) is 22.3 Å². The van der Waals surface area contributed by atoms with E-state index in [9.17, 15) is 0 Å². The van der Waals surface area contributed by atoms with Crippen LogP contribution in [0.3, 0.4) is 0 Å². The number of hydrogen-bond acceptors (Lipinski definition) is 4. The van der Waals surface area contributed by atoms with E-state index in [0.29, 0.717) is 16.4 Å². The first-order chi connectivity index (χ1) is 9.19. The molecule has 0 unspecified atom stereocenters. The summed E-state index contributed by atoms with van der Waals surface area (Å²) in [6, 6.07) is 9.08. The zero-order chi connectivity index (χ0) is 13.4. The van der Waals surface area contributed by atoms with Crippen molar-refractivity contribution in [1.29, 1.82) is 5.26 Å². The normalized spacial score (nSPS) is 10.6. The van der Waals surface area contributed by atoms with Crippen molar-refractivity contribution in [3.63, 3.8) is 0 Å². The predicted octanol–water partition coefficient (Wildman–Crippen LogP) is 2.62. The van der Waals surface area contributed by atoms with Crippen LogP contribution in [0.25, 0.3) is 16.9 Å². The van der Waals surface area contributed by atoms with Crippen molar-refractivity contribution in [2.24, 2.45) is 0 Å². The van der Waals surface area contributed by atoms with Crippen LogP contribution in [0.2, 0.25) is 5.02 Å². The SMILES string of the molecule is Cc1nc(C#N)ccc1-c1cc(Cl)cc2ncnn12. The molecular formula is C13H8ClN5. The molecule has 3 heterocycles. The van der Waals surface area contributed by atoms with Gasteiger partial charge in [0.15, 0.2) is 5.65 Å². The van der Waals surface area contributed by atoms with Gasteiger partial charge in [0.25, 0.3) is 0 Å². The van der Waals surface area contributed by atoms with Gasteiger partial charge in [-0.15, -0.1) is 0 Å². The van der Waals surface area contributed by atoms with E-state index in [1.165, 1.54) is 6.33 Å². The van der Waals surface area contributed by atoms with Crippen LogP contribution in [0.4, 0.5) is 0 Å². The summed E-state index contributed by atoms with van der Waals surface area (Å²) in [7, 11) is 0. The number of rotatable bonds is 1. The van der Waals surface area contributed by atoms with E-state index in [1.807, 2.05) is 19.1 Å². The molecule has 0 aromatic carbocycles. The van der Waals surface area contributed by atoms with Crippen molar-refractivity contribution in [2.75, 3.05) is 0 Å². The minimum atomic E-state index is 0.387. The van der Waals surface area contributed by atoms with Gasteiger partial charge in [0.05, 0.1) is 5.69 Å². The molecule has 0 atom stereocenters. The molecule has 92 valence electrons. The van der Waals surface area contributed by atoms with Gasteiger partial charge in [-0.2, -0.15) is 10.4 Å². The van der Waals surface area contributed by atoms with Crippen molar-refractivity contribution >= 4 is 17.2 Å². The summed E-state index contributed by atoms with van der Waals surface area (Å²) in [6.07, 6.45) is 1.47. The van der Waals surface area contributed by atoms with Gasteiger partial charge in [-0.05, 0) is 25.1 Å². The summed E-state index contributed by atoms with van der Waals surface area (Å²) >= 11 is 6.09.